The van der Waals surface area contributed by atoms with Crippen molar-refractivity contribution >= 4 is 40.8 Å². The molecule has 0 bridgehead atoms. The molecule has 1 aliphatic heterocycles. The summed E-state index contributed by atoms with van der Waals surface area (Å²) in [6.07, 6.45) is 1.26. The summed E-state index contributed by atoms with van der Waals surface area (Å²) in [5, 5.41) is 6.53. The average molecular weight is 428 g/mol. The molecule has 0 radical (unpaired) electrons. The number of rotatable bonds is 7. The fraction of sp³-hybridized carbons (Fsp3) is 0.227. The van der Waals surface area contributed by atoms with Crippen LogP contribution < -0.4 is 15.5 Å². The van der Waals surface area contributed by atoms with Gasteiger partial charge in [-0.05, 0) is 36.8 Å². The number of hydrogen-bond acceptors (Lipinski definition) is 5. The van der Waals surface area contributed by atoms with Crippen LogP contribution in [0.3, 0.4) is 0 Å². The van der Waals surface area contributed by atoms with Gasteiger partial charge < -0.3 is 15.4 Å². The number of carbonyl (C=O) groups is 3. The number of ether oxygens (including phenoxy) is 1. The quantitative estimate of drug-likeness (QED) is 0.662. The van der Waals surface area contributed by atoms with Crippen molar-refractivity contribution in [3.05, 3.63) is 70.9 Å². The van der Waals surface area contributed by atoms with E-state index in [1.54, 1.807) is 37.3 Å². The summed E-state index contributed by atoms with van der Waals surface area (Å²) in [6, 6.07) is 14.3. The van der Waals surface area contributed by atoms with Crippen molar-refractivity contribution in [2.45, 2.75) is 19.9 Å². The van der Waals surface area contributed by atoms with Crippen molar-refractivity contribution in [3.63, 3.8) is 0 Å². The van der Waals surface area contributed by atoms with Crippen molar-refractivity contribution in [2.75, 3.05) is 23.4 Å². The Morgan fingerprint density at radius 1 is 1.13 bits per heavy atom. The number of esters is 1. The Labute approximate surface area is 179 Å². The number of hydrogen-bond donors (Lipinski definition) is 2. The summed E-state index contributed by atoms with van der Waals surface area (Å²) >= 11 is 5.87. The Kier molecular flexibility index (Phi) is 7.08. The molecule has 1 aliphatic rings. The summed E-state index contributed by atoms with van der Waals surface area (Å²) in [5.74, 6) is -1.14. The van der Waals surface area contributed by atoms with Crippen LogP contribution >= 0.6 is 11.6 Å². The van der Waals surface area contributed by atoms with E-state index >= 15 is 0 Å². The van der Waals surface area contributed by atoms with Crippen LogP contribution in [0.4, 0.5) is 11.4 Å². The number of halogens is 1. The van der Waals surface area contributed by atoms with Gasteiger partial charge in [0.05, 0.1) is 24.4 Å². The van der Waals surface area contributed by atoms with Crippen molar-refractivity contribution in [1.29, 1.82) is 0 Å². The van der Waals surface area contributed by atoms with Crippen molar-refractivity contribution in [1.82, 2.24) is 5.32 Å². The van der Waals surface area contributed by atoms with Crippen LogP contribution in [0.25, 0.3) is 0 Å². The van der Waals surface area contributed by atoms with Crippen LogP contribution in [0.1, 0.15) is 18.9 Å². The predicted octanol–water partition coefficient (Wildman–Crippen LogP) is 3.25. The summed E-state index contributed by atoms with van der Waals surface area (Å²) in [7, 11) is 0. The summed E-state index contributed by atoms with van der Waals surface area (Å²) in [6.45, 7) is 2.14. The van der Waals surface area contributed by atoms with Gasteiger partial charge in [0.2, 0.25) is 5.91 Å². The Morgan fingerprint density at radius 3 is 2.60 bits per heavy atom. The van der Waals surface area contributed by atoms with E-state index in [1.165, 1.54) is 11.0 Å². The first kappa shape index (κ1) is 21.4. The third-order valence-corrected chi connectivity index (χ3v) is 4.65. The summed E-state index contributed by atoms with van der Waals surface area (Å²) in [5.41, 5.74) is 2.49. The molecule has 2 aromatic rings. The molecule has 30 heavy (non-hydrogen) atoms. The molecule has 0 aromatic heterocycles. The SMILES string of the molecule is CCOC(=O)CC1=CC(=O)N(CC(=O)NCc2ccc(Cl)cc2)c2ccccc2N1. The third-order valence-electron chi connectivity index (χ3n) is 4.40. The van der Waals surface area contributed by atoms with Crippen LogP contribution in [0, 0.1) is 0 Å². The van der Waals surface area contributed by atoms with Crippen LogP contribution in [0.2, 0.25) is 5.02 Å². The average Bonchev–Trinajstić information content (AvgIpc) is 2.84. The molecule has 0 aliphatic carbocycles. The minimum Gasteiger partial charge on any atom is -0.466 e. The van der Waals surface area contributed by atoms with E-state index in [2.05, 4.69) is 10.6 Å². The molecule has 7 nitrogen and oxygen atoms in total. The fourth-order valence-corrected chi connectivity index (χ4v) is 3.12. The molecular formula is C22H22ClN3O4. The first-order valence-electron chi connectivity index (χ1n) is 9.51. The van der Waals surface area contributed by atoms with E-state index in [4.69, 9.17) is 16.3 Å². The van der Waals surface area contributed by atoms with Gasteiger partial charge in [0.15, 0.2) is 0 Å². The number of carbonyl (C=O) groups excluding carboxylic acids is 3. The van der Waals surface area contributed by atoms with Gasteiger partial charge in [0.1, 0.15) is 6.54 Å². The highest BCUT2D eigenvalue weighted by Gasteiger charge is 2.25. The lowest BCUT2D eigenvalue weighted by molar-refractivity contribution is -0.142. The van der Waals surface area contributed by atoms with Gasteiger partial charge >= 0.3 is 5.97 Å². The second kappa shape index (κ2) is 9.93. The zero-order valence-electron chi connectivity index (χ0n) is 16.5. The molecule has 1 heterocycles. The highest BCUT2D eigenvalue weighted by atomic mass is 35.5. The molecule has 0 saturated heterocycles. The Morgan fingerprint density at radius 2 is 1.87 bits per heavy atom. The number of amides is 2. The first-order chi connectivity index (χ1) is 14.5. The smallest absolute Gasteiger partial charge is 0.311 e. The van der Waals surface area contributed by atoms with E-state index < -0.39 is 11.9 Å². The van der Waals surface area contributed by atoms with Crippen LogP contribution in [0.15, 0.2) is 60.3 Å². The number of nitrogens with zero attached hydrogens (tertiary/aromatic N) is 1. The van der Waals surface area contributed by atoms with E-state index in [1.807, 2.05) is 18.2 Å². The molecule has 0 fully saturated rings. The van der Waals surface area contributed by atoms with Crippen LogP contribution in [-0.2, 0) is 25.7 Å². The topological polar surface area (TPSA) is 87.7 Å². The Hall–Kier alpha value is -3.32. The number of fused-ring (bicyclic) bond motifs is 1. The van der Waals surface area contributed by atoms with Gasteiger partial charge in [-0.1, -0.05) is 35.9 Å². The molecule has 2 amide bonds. The van der Waals surface area contributed by atoms with Crippen molar-refractivity contribution in [2.24, 2.45) is 0 Å². The van der Waals surface area contributed by atoms with Gasteiger partial charge in [-0.15, -0.1) is 0 Å². The van der Waals surface area contributed by atoms with Crippen molar-refractivity contribution in [3.8, 4) is 0 Å². The van der Waals surface area contributed by atoms with E-state index in [9.17, 15) is 14.4 Å². The molecule has 0 unspecified atom stereocenters. The summed E-state index contributed by atoms with van der Waals surface area (Å²) in [4.78, 5) is 38.6. The second-order valence-electron chi connectivity index (χ2n) is 6.62. The molecule has 2 aromatic carbocycles. The lowest BCUT2D eigenvalue weighted by Crippen LogP contribution is -2.39. The fourth-order valence-electron chi connectivity index (χ4n) is 3.00. The third kappa shape index (κ3) is 5.61. The Balaban J connectivity index is 1.73. The van der Waals surface area contributed by atoms with Gasteiger partial charge in [-0.3, -0.25) is 19.3 Å². The van der Waals surface area contributed by atoms with Gasteiger partial charge in [-0.2, -0.15) is 0 Å². The largest absolute Gasteiger partial charge is 0.466 e. The maximum Gasteiger partial charge on any atom is 0.311 e. The normalized spacial score (nSPS) is 12.9. The highest BCUT2D eigenvalue weighted by Crippen LogP contribution is 2.30. The van der Waals surface area contributed by atoms with Gasteiger partial charge in [-0.25, -0.2) is 0 Å². The van der Waals surface area contributed by atoms with E-state index in [-0.39, 0.29) is 25.5 Å². The number of anilines is 2. The minimum atomic E-state index is -0.435. The van der Waals surface area contributed by atoms with Gasteiger partial charge in [0.25, 0.3) is 5.91 Å². The second-order valence-corrected chi connectivity index (χ2v) is 7.06. The van der Waals surface area contributed by atoms with Crippen molar-refractivity contribution < 1.29 is 19.1 Å². The lowest BCUT2D eigenvalue weighted by Gasteiger charge is -2.21. The Bertz CT molecular complexity index is 973. The highest BCUT2D eigenvalue weighted by molar-refractivity contribution is 6.30. The summed E-state index contributed by atoms with van der Waals surface area (Å²) < 4.78 is 4.96. The first-order valence-corrected chi connectivity index (χ1v) is 9.89. The predicted molar refractivity (Wildman–Crippen MR) is 115 cm³/mol. The van der Waals surface area contributed by atoms with Gasteiger partial charge in [0, 0.05) is 23.3 Å². The minimum absolute atomic E-state index is 0.0650. The zero-order valence-corrected chi connectivity index (χ0v) is 17.2. The molecule has 8 heteroatoms. The molecule has 156 valence electrons. The number of para-hydroxylation sites is 2. The molecule has 2 N–H and O–H groups in total. The van der Waals surface area contributed by atoms with Crippen LogP contribution in [-0.4, -0.2) is 30.9 Å². The van der Waals surface area contributed by atoms with E-state index in [0.29, 0.717) is 28.6 Å². The molecule has 0 spiro atoms. The molecule has 3 rings (SSSR count). The van der Waals surface area contributed by atoms with Crippen LogP contribution in [0.5, 0.6) is 0 Å². The zero-order chi connectivity index (χ0) is 21.5. The maximum atomic E-state index is 12.8. The number of benzene rings is 2. The molecular weight excluding hydrogens is 406 g/mol. The monoisotopic (exact) mass is 427 g/mol. The number of nitrogens with one attached hydrogen (secondary N) is 2. The molecule has 0 saturated carbocycles. The lowest BCUT2D eigenvalue weighted by atomic mass is 10.2. The molecule has 0 atom stereocenters. The van der Waals surface area contributed by atoms with E-state index in [0.717, 1.165) is 5.56 Å². The standard InChI is InChI=1S/C22H22ClN3O4/c1-2-30-22(29)12-17-11-21(28)26(19-6-4-3-5-18(19)25-17)14-20(27)24-13-15-7-9-16(23)10-8-15/h3-11,25H,2,12-14H2,1H3,(H,24,27). The maximum absolute atomic E-state index is 12.8.